The van der Waals surface area contributed by atoms with Crippen molar-refractivity contribution in [3.8, 4) is 0 Å². The Kier molecular flexibility index (Phi) is 7.30. The van der Waals surface area contributed by atoms with Crippen LogP contribution in [0.2, 0.25) is 0 Å². The van der Waals surface area contributed by atoms with Gasteiger partial charge < -0.3 is 5.32 Å². The van der Waals surface area contributed by atoms with E-state index in [4.69, 9.17) is 0 Å². The maximum atomic E-state index is 4.51. The predicted octanol–water partition coefficient (Wildman–Crippen LogP) is 2.59. The summed E-state index contributed by atoms with van der Waals surface area (Å²) in [7, 11) is 0. The Morgan fingerprint density at radius 3 is 2.94 bits per heavy atom. The van der Waals surface area contributed by atoms with E-state index in [1.54, 1.807) is 0 Å². The van der Waals surface area contributed by atoms with E-state index in [-0.39, 0.29) is 0 Å². The predicted molar refractivity (Wildman–Crippen MR) is 77.4 cm³/mol. The van der Waals surface area contributed by atoms with Crippen molar-refractivity contribution in [2.24, 2.45) is 0 Å². The minimum atomic E-state index is 0.895. The fraction of sp³-hybridized carbons (Fsp3) is 0.533. The first-order chi connectivity index (χ1) is 8.81. The molecule has 1 N–H and O–H groups in total. The van der Waals surface area contributed by atoms with Gasteiger partial charge in [-0.3, -0.25) is 9.88 Å². The summed E-state index contributed by atoms with van der Waals surface area (Å²) in [5.74, 6) is 0. The van der Waals surface area contributed by atoms with Crippen LogP contribution in [-0.4, -0.2) is 29.5 Å². The van der Waals surface area contributed by atoms with Crippen molar-refractivity contribution in [1.29, 1.82) is 0 Å². The van der Waals surface area contributed by atoms with Crippen LogP contribution in [0.15, 0.2) is 31.0 Å². The molecule has 0 unspecified atom stereocenters. The number of aromatic nitrogens is 1. The van der Waals surface area contributed by atoms with Gasteiger partial charge in [0.25, 0.3) is 0 Å². The lowest BCUT2D eigenvalue weighted by molar-refractivity contribution is 0.306. The van der Waals surface area contributed by atoms with Gasteiger partial charge in [-0.25, -0.2) is 0 Å². The number of pyridine rings is 1. The van der Waals surface area contributed by atoms with Crippen LogP contribution >= 0.6 is 0 Å². The highest BCUT2D eigenvalue weighted by molar-refractivity contribution is 5.19. The molecule has 0 bridgehead atoms. The second-order valence-electron chi connectivity index (χ2n) is 4.40. The molecular weight excluding hydrogens is 222 g/mol. The van der Waals surface area contributed by atoms with Gasteiger partial charge in [0.15, 0.2) is 0 Å². The monoisotopic (exact) mass is 247 g/mol. The van der Waals surface area contributed by atoms with Crippen molar-refractivity contribution in [2.45, 2.75) is 33.4 Å². The van der Waals surface area contributed by atoms with Crippen LogP contribution in [0.3, 0.4) is 0 Å². The Hall–Kier alpha value is -1.19. The third kappa shape index (κ3) is 4.98. The van der Waals surface area contributed by atoms with Gasteiger partial charge in [0.05, 0.1) is 5.69 Å². The smallest absolute Gasteiger partial charge is 0.0588 e. The molecule has 0 saturated carbocycles. The second kappa shape index (κ2) is 8.84. The summed E-state index contributed by atoms with van der Waals surface area (Å²) < 4.78 is 0. The molecule has 1 rings (SSSR count). The quantitative estimate of drug-likeness (QED) is 0.537. The highest BCUT2D eigenvalue weighted by atomic mass is 15.1. The second-order valence-corrected chi connectivity index (χ2v) is 4.40. The number of rotatable bonds is 9. The number of hydrogen-bond acceptors (Lipinski definition) is 3. The summed E-state index contributed by atoms with van der Waals surface area (Å²) in [5, 5.41) is 3.44. The lowest BCUT2D eigenvalue weighted by atomic mass is 10.1. The van der Waals surface area contributed by atoms with E-state index in [1.807, 2.05) is 18.3 Å². The molecule has 0 atom stereocenters. The van der Waals surface area contributed by atoms with Gasteiger partial charge in [-0.15, -0.1) is 6.58 Å². The van der Waals surface area contributed by atoms with Crippen molar-refractivity contribution in [3.05, 3.63) is 42.2 Å². The third-order valence-corrected chi connectivity index (χ3v) is 2.93. The molecule has 3 nitrogen and oxygen atoms in total. The molecule has 0 aromatic carbocycles. The third-order valence-electron chi connectivity index (χ3n) is 2.93. The van der Waals surface area contributed by atoms with Crippen molar-refractivity contribution < 1.29 is 0 Å². The molecule has 0 aliphatic rings. The molecular formula is C15H25N3. The summed E-state index contributed by atoms with van der Waals surface area (Å²) in [4.78, 5) is 6.84. The first kappa shape index (κ1) is 14.9. The zero-order valence-corrected chi connectivity index (χ0v) is 11.7. The van der Waals surface area contributed by atoms with E-state index in [0.717, 1.165) is 39.1 Å². The SMILES string of the molecule is C=CCN(CC)Cc1ncccc1CNCCC. The highest BCUT2D eigenvalue weighted by Gasteiger charge is 2.07. The Bertz CT molecular complexity index is 349. The van der Waals surface area contributed by atoms with Crippen molar-refractivity contribution >= 4 is 0 Å². The molecule has 1 aromatic heterocycles. The van der Waals surface area contributed by atoms with E-state index in [0.29, 0.717) is 0 Å². The number of likely N-dealkylation sites (N-methyl/N-ethyl adjacent to an activating group) is 1. The number of hydrogen-bond donors (Lipinski definition) is 1. The molecule has 0 aliphatic heterocycles. The first-order valence-corrected chi connectivity index (χ1v) is 6.78. The fourth-order valence-electron chi connectivity index (χ4n) is 1.87. The number of nitrogens with zero attached hydrogens (tertiary/aromatic N) is 2. The molecule has 0 spiro atoms. The largest absolute Gasteiger partial charge is 0.313 e. The zero-order chi connectivity index (χ0) is 13.2. The average molecular weight is 247 g/mol. The van der Waals surface area contributed by atoms with Gasteiger partial charge in [-0.2, -0.15) is 0 Å². The Morgan fingerprint density at radius 1 is 1.44 bits per heavy atom. The molecule has 100 valence electrons. The standard InChI is InChI=1S/C15H25N3/c1-4-9-16-12-14-8-7-10-17-15(14)13-18(6-3)11-5-2/h5,7-8,10,16H,2,4,6,9,11-13H2,1,3H3. The lowest BCUT2D eigenvalue weighted by Crippen LogP contribution is -2.25. The molecule has 0 radical (unpaired) electrons. The molecule has 1 aromatic rings. The van der Waals surface area contributed by atoms with Crippen LogP contribution in [0.1, 0.15) is 31.5 Å². The van der Waals surface area contributed by atoms with E-state index < -0.39 is 0 Å². The minimum Gasteiger partial charge on any atom is -0.313 e. The molecule has 1 heterocycles. The topological polar surface area (TPSA) is 28.2 Å². The Morgan fingerprint density at radius 2 is 2.28 bits per heavy atom. The van der Waals surface area contributed by atoms with Crippen molar-refractivity contribution in [2.75, 3.05) is 19.6 Å². The van der Waals surface area contributed by atoms with Gasteiger partial charge in [-0.1, -0.05) is 26.0 Å². The molecule has 0 aliphatic carbocycles. The van der Waals surface area contributed by atoms with Crippen molar-refractivity contribution in [1.82, 2.24) is 15.2 Å². The summed E-state index contributed by atoms with van der Waals surface area (Å²) in [6.07, 6.45) is 4.98. The maximum Gasteiger partial charge on any atom is 0.0588 e. The van der Waals surface area contributed by atoms with Crippen molar-refractivity contribution in [3.63, 3.8) is 0 Å². The Labute approximate surface area is 111 Å². The minimum absolute atomic E-state index is 0.895. The van der Waals surface area contributed by atoms with Crippen LogP contribution in [0.4, 0.5) is 0 Å². The Balaban J connectivity index is 2.65. The molecule has 0 amide bonds. The molecule has 0 fully saturated rings. The summed E-state index contributed by atoms with van der Waals surface area (Å²) in [6, 6.07) is 4.17. The molecule has 3 heteroatoms. The van der Waals surface area contributed by atoms with Gasteiger partial charge in [0.1, 0.15) is 0 Å². The fourth-order valence-corrected chi connectivity index (χ4v) is 1.87. The van der Waals surface area contributed by atoms with Crippen LogP contribution in [0.5, 0.6) is 0 Å². The van der Waals surface area contributed by atoms with Crippen LogP contribution in [0.25, 0.3) is 0 Å². The number of nitrogens with one attached hydrogen (secondary N) is 1. The van der Waals surface area contributed by atoms with Crippen LogP contribution < -0.4 is 5.32 Å². The van der Waals surface area contributed by atoms with E-state index >= 15 is 0 Å². The zero-order valence-electron chi connectivity index (χ0n) is 11.7. The van der Waals surface area contributed by atoms with Crippen LogP contribution in [-0.2, 0) is 13.1 Å². The maximum absolute atomic E-state index is 4.51. The molecule has 0 saturated heterocycles. The van der Waals surface area contributed by atoms with E-state index in [2.05, 4.69) is 41.7 Å². The van der Waals surface area contributed by atoms with E-state index in [1.165, 1.54) is 11.3 Å². The summed E-state index contributed by atoms with van der Waals surface area (Å²) >= 11 is 0. The first-order valence-electron chi connectivity index (χ1n) is 6.78. The van der Waals surface area contributed by atoms with Crippen LogP contribution in [0, 0.1) is 0 Å². The summed E-state index contributed by atoms with van der Waals surface area (Å²) in [6.45, 7) is 12.9. The van der Waals surface area contributed by atoms with Gasteiger partial charge in [0, 0.05) is 25.8 Å². The average Bonchev–Trinajstić information content (AvgIpc) is 2.40. The van der Waals surface area contributed by atoms with E-state index in [9.17, 15) is 0 Å². The van der Waals surface area contributed by atoms with Gasteiger partial charge in [-0.05, 0) is 31.1 Å². The van der Waals surface area contributed by atoms with Gasteiger partial charge in [0.2, 0.25) is 0 Å². The lowest BCUT2D eigenvalue weighted by Gasteiger charge is -2.19. The van der Waals surface area contributed by atoms with Gasteiger partial charge >= 0.3 is 0 Å². The highest BCUT2D eigenvalue weighted by Crippen LogP contribution is 2.08. The normalized spacial score (nSPS) is 10.8. The summed E-state index contributed by atoms with van der Waals surface area (Å²) in [5.41, 5.74) is 2.47. The molecule has 18 heavy (non-hydrogen) atoms.